The zero-order chi connectivity index (χ0) is 14.2. The molecule has 2 rings (SSSR count). The van der Waals surface area contributed by atoms with Crippen molar-refractivity contribution in [2.24, 2.45) is 18.4 Å². The highest BCUT2D eigenvalue weighted by Crippen LogP contribution is 2.41. The highest BCUT2D eigenvalue weighted by atomic mass is 16.2. The lowest BCUT2D eigenvalue weighted by atomic mass is 9.67. The van der Waals surface area contributed by atoms with Gasteiger partial charge in [-0.3, -0.25) is 9.48 Å². The Morgan fingerprint density at radius 2 is 2.05 bits per heavy atom. The van der Waals surface area contributed by atoms with Crippen LogP contribution in [0.2, 0.25) is 0 Å². The van der Waals surface area contributed by atoms with E-state index in [0.29, 0.717) is 12.5 Å². The van der Waals surface area contributed by atoms with Crippen LogP contribution in [0.1, 0.15) is 50.1 Å². The molecule has 1 fully saturated rings. The Bertz CT molecular complexity index is 484. The molecule has 1 aliphatic carbocycles. The molecule has 0 radical (unpaired) electrons. The van der Waals surface area contributed by atoms with Gasteiger partial charge in [0.25, 0.3) is 0 Å². The van der Waals surface area contributed by atoms with E-state index < -0.39 is 0 Å². The lowest BCUT2D eigenvalue weighted by molar-refractivity contribution is -0.134. The predicted molar refractivity (Wildman–Crippen MR) is 75.7 cm³/mol. The third-order valence-electron chi connectivity index (χ3n) is 4.80. The Morgan fingerprint density at radius 3 is 2.47 bits per heavy atom. The van der Waals surface area contributed by atoms with Crippen LogP contribution in [-0.2, 0) is 18.4 Å². The van der Waals surface area contributed by atoms with E-state index in [1.165, 1.54) is 19.3 Å². The van der Waals surface area contributed by atoms with Crippen LogP contribution in [0.25, 0.3) is 0 Å². The first-order valence-electron chi connectivity index (χ1n) is 7.11. The van der Waals surface area contributed by atoms with E-state index in [2.05, 4.69) is 24.3 Å². The molecule has 1 aromatic rings. The zero-order valence-electron chi connectivity index (χ0n) is 12.7. The van der Waals surface area contributed by atoms with Gasteiger partial charge in [0, 0.05) is 30.3 Å². The van der Waals surface area contributed by atoms with Crippen molar-refractivity contribution in [2.75, 3.05) is 0 Å². The molecule has 1 aromatic heterocycles. The van der Waals surface area contributed by atoms with Crippen LogP contribution in [0.5, 0.6) is 0 Å². The Morgan fingerprint density at radius 1 is 1.42 bits per heavy atom. The van der Waals surface area contributed by atoms with E-state index in [1.807, 2.05) is 25.6 Å². The molecule has 106 valence electrons. The summed E-state index contributed by atoms with van der Waals surface area (Å²) in [5.74, 6) is 0.712. The van der Waals surface area contributed by atoms with Crippen LogP contribution in [0.15, 0.2) is 0 Å². The number of rotatable bonds is 4. The summed E-state index contributed by atoms with van der Waals surface area (Å²) in [4.78, 5) is 12.4. The molecular formula is C15H25N3O. The molecule has 1 saturated carbocycles. The number of carbonyl (C=O) groups excluding carboxylic acids is 1. The van der Waals surface area contributed by atoms with Crippen molar-refractivity contribution in [3.8, 4) is 0 Å². The van der Waals surface area contributed by atoms with Gasteiger partial charge in [0.1, 0.15) is 0 Å². The number of nitrogens with zero attached hydrogens (tertiary/aromatic N) is 2. The second-order valence-corrected chi connectivity index (χ2v) is 6.31. The molecule has 0 atom stereocenters. The fourth-order valence-electron chi connectivity index (χ4n) is 2.79. The van der Waals surface area contributed by atoms with Crippen LogP contribution in [0.4, 0.5) is 0 Å². The van der Waals surface area contributed by atoms with Gasteiger partial charge >= 0.3 is 0 Å². The van der Waals surface area contributed by atoms with Crippen LogP contribution in [-0.4, -0.2) is 15.7 Å². The number of nitrogens with one attached hydrogen (secondary N) is 1. The van der Waals surface area contributed by atoms with Crippen molar-refractivity contribution < 1.29 is 4.79 Å². The second kappa shape index (κ2) is 4.99. The summed E-state index contributed by atoms with van der Waals surface area (Å²) >= 11 is 0. The van der Waals surface area contributed by atoms with Crippen LogP contribution >= 0.6 is 0 Å². The van der Waals surface area contributed by atoms with Gasteiger partial charge in [0.2, 0.25) is 5.91 Å². The van der Waals surface area contributed by atoms with E-state index in [9.17, 15) is 4.79 Å². The van der Waals surface area contributed by atoms with Crippen molar-refractivity contribution in [2.45, 2.75) is 53.5 Å². The summed E-state index contributed by atoms with van der Waals surface area (Å²) in [6.07, 6.45) is 3.64. The molecule has 1 N–H and O–H groups in total. The number of amides is 1. The van der Waals surface area contributed by atoms with Crippen LogP contribution in [0.3, 0.4) is 0 Å². The average molecular weight is 263 g/mol. The lowest BCUT2D eigenvalue weighted by Crippen LogP contribution is -2.44. The maximum absolute atomic E-state index is 12.4. The number of aryl methyl sites for hydroxylation is 2. The Kier molecular flexibility index (Phi) is 3.70. The van der Waals surface area contributed by atoms with Gasteiger partial charge in [-0.1, -0.05) is 20.3 Å². The number of hydrogen-bond donors (Lipinski definition) is 1. The summed E-state index contributed by atoms with van der Waals surface area (Å²) in [7, 11) is 1.94. The summed E-state index contributed by atoms with van der Waals surface area (Å²) < 4.78 is 1.87. The summed E-state index contributed by atoms with van der Waals surface area (Å²) in [5.41, 5.74) is 3.02. The Labute approximate surface area is 115 Å². The SMILES string of the molecule is Cc1nn(C)c(C)c1CNC(=O)C(C)(C)C1CCC1. The standard InChI is InChI=1S/C15H25N3O/c1-10-13(11(2)18(5)17-10)9-16-14(19)15(3,4)12-7-6-8-12/h12H,6-9H2,1-5H3,(H,16,19). The fourth-order valence-corrected chi connectivity index (χ4v) is 2.79. The third-order valence-corrected chi connectivity index (χ3v) is 4.80. The largest absolute Gasteiger partial charge is 0.351 e. The molecule has 1 heterocycles. The van der Waals surface area contributed by atoms with Gasteiger partial charge in [0.15, 0.2) is 0 Å². The Balaban J connectivity index is 2.00. The number of hydrogen-bond acceptors (Lipinski definition) is 2. The van der Waals surface area contributed by atoms with E-state index in [-0.39, 0.29) is 11.3 Å². The van der Waals surface area contributed by atoms with Crippen LogP contribution in [0, 0.1) is 25.2 Å². The topological polar surface area (TPSA) is 46.9 Å². The molecule has 0 aliphatic heterocycles. The van der Waals surface area contributed by atoms with Gasteiger partial charge in [0.05, 0.1) is 5.69 Å². The molecule has 4 nitrogen and oxygen atoms in total. The van der Waals surface area contributed by atoms with E-state index in [0.717, 1.165) is 17.0 Å². The first-order valence-corrected chi connectivity index (χ1v) is 7.11. The van der Waals surface area contributed by atoms with Gasteiger partial charge in [-0.25, -0.2) is 0 Å². The first kappa shape index (κ1) is 14.1. The summed E-state index contributed by atoms with van der Waals surface area (Å²) in [6.45, 7) is 8.74. The van der Waals surface area contributed by atoms with Gasteiger partial charge in [-0.05, 0) is 32.6 Å². The van der Waals surface area contributed by atoms with Gasteiger partial charge in [-0.2, -0.15) is 5.10 Å². The third kappa shape index (κ3) is 2.53. The van der Waals surface area contributed by atoms with Gasteiger partial charge < -0.3 is 5.32 Å². The molecule has 4 heteroatoms. The minimum atomic E-state index is -0.248. The highest BCUT2D eigenvalue weighted by Gasteiger charge is 2.39. The molecule has 0 unspecified atom stereocenters. The summed E-state index contributed by atoms with van der Waals surface area (Å²) in [6, 6.07) is 0. The molecule has 0 spiro atoms. The predicted octanol–water partition coefficient (Wildman–Crippen LogP) is 2.48. The van der Waals surface area contributed by atoms with E-state index in [4.69, 9.17) is 0 Å². The maximum Gasteiger partial charge on any atom is 0.226 e. The van der Waals surface area contributed by atoms with Crippen molar-refractivity contribution in [1.29, 1.82) is 0 Å². The van der Waals surface area contributed by atoms with E-state index in [1.54, 1.807) is 0 Å². The van der Waals surface area contributed by atoms with Gasteiger partial charge in [-0.15, -0.1) is 0 Å². The lowest BCUT2D eigenvalue weighted by Gasteiger charge is -2.39. The average Bonchev–Trinajstić information content (AvgIpc) is 2.47. The normalized spacial score (nSPS) is 16.3. The minimum absolute atomic E-state index is 0.167. The van der Waals surface area contributed by atoms with Crippen molar-refractivity contribution in [1.82, 2.24) is 15.1 Å². The smallest absolute Gasteiger partial charge is 0.226 e. The molecule has 19 heavy (non-hydrogen) atoms. The van der Waals surface area contributed by atoms with Crippen molar-refractivity contribution in [3.05, 3.63) is 17.0 Å². The minimum Gasteiger partial charge on any atom is -0.351 e. The molecule has 1 amide bonds. The quantitative estimate of drug-likeness (QED) is 0.907. The highest BCUT2D eigenvalue weighted by molar-refractivity contribution is 5.82. The van der Waals surface area contributed by atoms with E-state index >= 15 is 0 Å². The summed E-state index contributed by atoms with van der Waals surface area (Å²) in [5, 5.41) is 7.47. The molecule has 1 aliphatic rings. The monoisotopic (exact) mass is 263 g/mol. The zero-order valence-corrected chi connectivity index (χ0v) is 12.7. The fraction of sp³-hybridized carbons (Fsp3) is 0.733. The molecule has 0 bridgehead atoms. The van der Waals surface area contributed by atoms with Crippen molar-refractivity contribution in [3.63, 3.8) is 0 Å². The number of carbonyl (C=O) groups is 1. The first-order chi connectivity index (χ1) is 8.84. The molecule has 0 saturated heterocycles. The van der Waals surface area contributed by atoms with Crippen LogP contribution < -0.4 is 5.32 Å². The molecular weight excluding hydrogens is 238 g/mol. The maximum atomic E-state index is 12.4. The van der Waals surface area contributed by atoms with Crippen molar-refractivity contribution >= 4 is 5.91 Å². The second-order valence-electron chi connectivity index (χ2n) is 6.31. The number of aromatic nitrogens is 2. The Hall–Kier alpha value is -1.32. The molecule has 0 aromatic carbocycles.